The highest BCUT2D eigenvalue weighted by molar-refractivity contribution is 7.47. The summed E-state index contributed by atoms with van der Waals surface area (Å²) in [5.74, 6) is -0.826. The van der Waals surface area contributed by atoms with Crippen LogP contribution in [0.4, 0.5) is 0 Å². The Morgan fingerprint density at radius 2 is 0.640 bits per heavy atom. The van der Waals surface area contributed by atoms with E-state index in [-0.39, 0.29) is 38.6 Å². The van der Waals surface area contributed by atoms with E-state index in [0.29, 0.717) is 6.42 Å². The first-order valence-electron chi connectivity index (χ1n) is 35.9. The van der Waals surface area contributed by atoms with Crippen LogP contribution < -0.4 is 5.73 Å². The van der Waals surface area contributed by atoms with E-state index in [1.165, 1.54) is 193 Å². The van der Waals surface area contributed by atoms with Crippen molar-refractivity contribution < 1.29 is 37.6 Å². The minimum Gasteiger partial charge on any atom is -0.462 e. The number of esters is 2. The Bertz CT molecular complexity index is 1780. The summed E-state index contributed by atoms with van der Waals surface area (Å²) in [7, 11) is -4.40. The zero-order valence-corrected chi connectivity index (χ0v) is 56.7. The minimum atomic E-state index is -4.40. The molecule has 0 rings (SSSR count). The van der Waals surface area contributed by atoms with Gasteiger partial charge in [0, 0.05) is 19.4 Å². The molecule has 0 heterocycles. The van der Waals surface area contributed by atoms with Gasteiger partial charge in [0.15, 0.2) is 6.10 Å². The van der Waals surface area contributed by atoms with E-state index < -0.39 is 26.5 Å². The summed E-state index contributed by atoms with van der Waals surface area (Å²) < 4.78 is 33.2. The standard InChI is InChI=1S/C76H134NO8P/c1-3-5-7-9-11-13-15-17-19-21-23-25-27-29-31-33-34-35-36-37-38-39-40-41-43-45-47-49-51-53-55-57-59-61-63-65-67-69-76(79)85-74(73-84-86(80,81)83-71-70-77)72-82-75(78)68-66-64-62-60-58-56-54-52-50-48-46-44-42-32-30-28-26-24-22-20-18-16-14-12-10-8-6-4-2/h5,7,11,13,17,19,23,25,29,31,34-35,37-38,40-41,45,47,74H,3-4,6,8-10,12,14-16,18,20-22,24,26-28,30,32-33,36,39,42-44,46,48-73,77H2,1-2H3,(H,80,81)/b7-5-,13-11-,19-17-,25-23-,31-29-,35-34-,38-37-,41-40-,47-45-. The number of rotatable bonds is 67. The number of unbranched alkanes of at least 4 members (excludes halogenated alkanes) is 36. The van der Waals surface area contributed by atoms with Gasteiger partial charge in [0.25, 0.3) is 0 Å². The van der Waals surface area contributed by atoms with E-state index in [2.05, 4.69) is 123 Å². The maximum atomic E-state index is 12.8. The molecule has 0 saturated carbocycles. The normalized spacial score (nSPS) is 13.6. The molecule has 2 unspecified atom stereocenters. The summed E-state index contributed by atoms with van der Waals surface area (Å²) in [6.07, 6.45) is 97.6. The second-order valence-corrected chi connectivity index (χ2v) is 25.2. The molecule has 0 saturated heterocycles. The van der Waals surface area contributed by atoms with Crippen molar-refractivity contribution in [1.82, 2.24) is 0 Å². The first-order valence-corrected chi connectivity index (χ1v) is 37.4. The molecule has 0 radical (unpaired) electrons. The zero-order chi connectivity index (χ0) is 62.3. The number of carbonyl (C=O) groups excluding carboxylic acids is 2. The SMILES string of the molecule is CC/C=C\C/C=C\C/C=C\C/C=C\C/C=C\C/C=C\C/C=C\C/C=C\C/C=C\CCCCCCCCCCCC(=O)OC(COC(=O)CCCCCCCCCCCCCCCCCCCCCCCCCCCCCC)COP(=O)(O)OCCN. The van der Waals surface area contributed by atoms with E-state index in [4.69, 9.17) is 24.3 Å². The molecule has 0 bridgehead atoms. The van der Waals surface area contributed by atoms with Gasteiger partial charge in [-0.2, -0.15) is 0 Å². The summed E-state index contributed by atoms with van der Waals surface area (Å²) in [6, 6.07) is 0. The molecule has 10 heteroatoms. The van der Waals surface area contributed by atoms with Crippen LogP contribution in [0.5, 0.6) is 0 Å². The van der Waals surface area contributed by atoms with Crippen LogP contribution in [0.25, 0.3) is 0 Å². The van der Waals surface area contributed by atoms with Crippen molar-refractivity contribution >= 4 is 19.8 Å². The Labute approximate surface area is 530 Å². The number of carbonyl (C=O) groups is 2. The van der Waals surface area contributed by atoms with Crippen LogP contribution in [0.1, 0.15) is 328 Å². The van der Waals surface area contributed by atoms with E-state index in [9.17, 15) is 19.0 Å². The third kappa shape index (κ3) is 69.8. The highest BCUT2D eigenvalue weighted by Gasteiger charge is 2.26. The highest BCUT2D eigenvalue weighted by Crippen LogP contribution is 2.43. The van der Waals surface area contributed by atoms with Crippen molar-refractivity contribution in [2.24, 2.45) is 5.73 Å². The monoisotopic (exact) mass is 1220 g/mol. The summed E-state index contributed by atoms with van der Waals surface area (Å²) >= 11 is 0. The smallest absolute Gasteiger partial charge is 0.462 e. The quantitative estimate of drug-likeness (QED) is 0.0264. The molecule has 0 fully saturated rings. The van der Waals surface area contributed by atoms with E-state index in [1.807, 2.05) is 0 Å². The molecule has 0 aliphatic rings. The molecule has 0 aliphatic carbocycles. The van der Waals surface area contributed by atoms with Gasteiger partial charge in [0.1, 0.15) is 6.61 Å². The number of hydrogen-bond acceptors (Lipinski definition) is 8. The lowest BCUT2D eigenvalue weighted by atomic mass is 10.0. The van der Waals surface area contributed by atoms with Crippen LogP contribution in [-0.4, -0.2) is 49.3 Å². The molecule has 0 amide bonds. The van der Waals surface area contributed by atoms with Gasteiger partial charge in [-0.05, 0) is 83.5 Å². The van der Waals surface area contributed by atoms with Gasteiger partial charge < -0.3 is 20.1 Å². The summed E-state index contributed by atoms with van der Waals surface area (Å²) in [5.41, 5.74) is 5.40. The molecule has 0 aromatic carbocycles. The molecule has 0 aromatic rings. The van der Waals surface area contributed by atoms with Crippen LogP contribution in [0, 0.1) is 0 Å². The number of phosphoric ester groups is 1. The third-order valence-electron chi connectivity index (χ3n) is 15.4. The van der Waals surface area contributed by atoms with Gasteiger partial charge in [0.05, 0.1) is 13.2 Å². The molecule has 0 aliphatic heterocycles. The highest BCUT2D eigenvalue weighted by atomic mass is 31.2. The lowest BCUT2D eigenvalue weighted by Gasteiger charge is -2.19. The summed E-state index contributed by atoms with van der Waals surface area (Å²) in [6.45, 7) is 3.66. The van der Waals surface area contributed by atoms with E-state index in [0.717, 1.165) is 103 Å². The van der Waals surface area contributed by atoms with Gasteiger partial charge in [-0.3, -0.25) is 18.6 Å². The molecule has 9 nitrogen and oxygen atoms in total. The van der Waals surface area contributed by atoms with Gasteiger partial charge in [-0.1, -0.05) is 342 Å². The predicted octanol–water partition coefficient (Wildman–Crippen LogP) is 23.7. The van der Waals surface area contributed by atoms with Gasteiger partial charge >= 0.3 is 19.8 Å². The number of phosphoric acid groups is 1. The Balaban J connectivity index is 3.91. The van der Waals surface area contributed by atoms with Crippen molar-refractivity contribution in [2.75, 3.05) is 26.4 Å². The Morgan fingerprint density at radius 3 is 0.953 bits per heavy atom. The fraction of sp³-hybridized carbons (Fsp3) is 0.737. The van der Waals surface area contributed by atoms with Crippen LogP contribution in [0.3, 0.4) is 0 Å². The molecule has 496 valence electrons. The lowest BCUT2D eigenvalue weighted by molar-refractivity contribution is -0.161. The van der Waals surface area contributed by atoms with E-state index >= 15 is 0 Å². The average Bonchev–Trinajstić information content (AvgIpc) is 3.55. The van der Waals surface area contributed by atoms with Crippen LogP contribution in [0.2, 0.25) is 0 Å². The predicted molar refractivity (Wildman–Crippen MR) is 371 cm³/mol. The Morgan fingerprint density at radius 1 is 0.360 bits per heavy atom. The van der Waals surface area contributed by atoms with Crippen LogP contribution >= 0.6 is 7.82 Å². The van der Waals surface area contributed by atoms with Crippen molar-refractivity contribution in [3.05, 3.63) is 109 Å². The van der Waals surface area contributed by atoms with Crippen molar-refractivity contribution in [3.8, 4) is 0 Å². The Hall–Kier alpha value is -3.33. The van der Waals surface area contributed by atoms with Gasteiger partial charge in [0.2, 0.25) is 0 Å². The first kappa shape index (κ1) is 82.7. The Kier molecular flexibility index (Phi) is 68.0. The largest absolute Gasteiger partial charge is 0.472 e. The van der Waals surface area contributed by atoms with Gasteiger partial charge in [-0.25, -0.2) is 4.57 Å². The summed E-state index contributed by atoms with van der Waals surface area (Å²) in [4.78, 5) is 35.4. The van der Waals surface area contributed by atoms with Crippen molar-refractivity contribution in [2.45, 2.75) is 335 Å². The molecular weight excluding hydrogens is 1090 g/mol. The molecule has 86 heavy (non-hydrogen) atoms. The number of hydrogen-bond donors (Lipinski definition) is 2. The molecule has 0 spiro atoms. The maximum Gasteiger partial charge on any atom is 0.472 e. The van der Waals surface area contributed by atoms with Crippen LogP contribution in [0.15, 0.2) is 109 Å². The molecule has 3 N–H and O–H groups in total. The zero-order valence-electron chi connectivity index (χ0n) is 55.8. The first-order chi connectivity index (χ1) is 42.3. The average molecular weight is 1220 g/mol. The topological polar surface area (TPSA) is 134 Å². The van der Waals surface area contributed by atoms with Crippen molar-refractivity contribution in [1.29, 1.82) is 0 Å². The lowest BCUT2D eigenvalue weighted by Crippen LogP contribution is -2.29. The number of allylic oxidation sites excluding steroid dienone is 18. The summed E-state index contributed by atoms with van der Waals surface area (Å²) in [5, 5.41) is 0. The molecule has 2 atom stereocenters. The van der Waals surface area contributed by atoms with Crippen LogP contribution in [-0.2, 0) is 32.7 Å². The fourth-order valence-electron chi connectivity index (χ4n) is 10.2. The fourth-order valence-corrected chi connectivity index (χ4v) is 10.9. The molecular formula is C76H134NO8P. The second-order valence-electron chi connectivity index (χ2n) is 23.7. The number of nitrogens with two attached hydrogens (primary N) is 1. The number of ether oxygens (including phenoxy) is 2. The van der Waals surface area contributed by atoms with Gasteiger partial charge in [-0.15, -0.1) is 0 Å². The second kappa shape index (κ2) is 70.8. The minimum absolute atomic E-state index is 0.0494. The van der Waals surface area contributed by atoms with E-state index in [1.54, 1.807) is 0 Å². The third-order valence-corrected chi connectivity index (χ3v) is 16.4. The molecule has 0 aromatic heterocycles. The maximum absolute atomic E-state index is 12.8. The van der Waals surface area contributed by atoms with Crippen molar-refractivity contribution in [3.63, 3.8) is 0 Å².